The fraction of sp³-hybridized carbons (Fsp3) is 0.462. The van der Waals surface area contributed by atoms with Crippen LogP contribution in [0, 0.1) is 4.77 Å². The second-order valence-corrected chi connectivity index (χ2v) is 6.69. The monoisotopic (exact) mass is 327 g/mol. The van der Waals surface area contributed by atoms with E-state index in [1.165, 1.54) is 0 Å². The van der Waals surface area contributed by atoms with E-state index in [2.05, 4.69) is 70.5 Å². The highest BCUT2D eigenvalue weighted by molar-refractivity contribution is 9.10. The van der Waals surface area contributed by atoms with Crippen molar-refractivity contribution in [2.45, 2.75) is 25.9 Å². The molecule has 0 bridgehead atoms. The zero-order chi connectivity index (χ0) is 13.5. The van der Waals surface area contributed by atoms with E-state index in [1.807, 2.05) is 6.07 Å². The van der Waals surface area contributed by atoms with Crippen LogP contribution in [-0.4, -0.2) is 34.1 Å². The summed E-state index contributed by atoms with van der Waals surface area (Å²) in [6, 6.07) is 6.20. The van der Waals surface area contributed by atoms with Gasteiger partial charge in [-0.2, -0.15) is 0 Å². The van der Waals surface area contributed by atoms with Crippen molar-refractivity contribution in [3.8, 4) is 0 Å². The highest BCUT2D eigenvalue weighted by atomic mass is 79.9. The summed E-state index contributed by atoms with van der Waals surface area (Å²) >= 11 is 8.90. The van der Waals surface area contributed by atoms with E-state index in [0.717, 1.165) is 26.8 Å². The summed E-state index contributed by atoms with van der Waals surface area (Å²) in [6.45, 7) is 5.29. The predicted octanol–water partition coefficient (Wildman–Crippen LogP) is 3.80. The number of halogens is 1. The van der Waals surface area contributed by atoms with E-state index < -0.39 is 0 Å². The molecular weight excluding hydrogens is 310 g/mol. The maximum atomic E-state index is 5.42. The first-order chi connectivity index (χ1) is 8.31. The van der Waals surface area contributed by atoms with Crippen molar-refractivity contribution in [2.75, 3.05) is 14.1 Å². The summed E-state index contributed by atoms with van der Waals surface area (Å²) in [7, 11) is 4.18. The molecule has 2 rings (SSSR count). The zero-order valence-corrected chi connectivity index (χ0v) is 13.5. The molecule has 0 atom stereocenters. The lowest BCUT2D eigenvalue weighted by Crippen LogP contribution is -2.42. The van der Waals surface area contributed by atoms with E-state index in [1.54, 1.807) is 0 Å². The number of hydrogen-bond acceptors (Lipinski definition) is 2. The Balaban J connectivity index is 2.52. The van der Waals surface area contributed by atoms with Gasteiger partial charge >= 0.3 is 0 Å². The lowest BCUT2D eigenvalue weighted by Gasteiger charge is -2.33. The number of H-pyrrole nitrogens is 1. The molecule has 0 aliphatic carbocycles. The third-order valence-electron chi connectivity index (χ3n) is 3.49. The van der Waals surface area contributed by atoms with Crippen molar-refractivity contribution in [1.29, 1.82) is 0 Å². The standard InChI is InChI=1S/C13H18BrN3S/c1-13(2,16(3)4)8-17-11-6-5-9(14)7-10(11)15-12(17)18/h5-7H,8H2,1-4H3,(H,15,18). The van der Waals surface area contributed by atoms with Crippen molar-refractivity contribution < 1.29 is 0 Å². The molecule has 0 fully saturated rings. The van der Waals surface area contributed by atoms with E-state index in [0.29, 0.717) is 0 Å². The molecule has 0 saturated carbocycles. The summed E-state index contributed by atoms with van der Waals surface area (Å²) in [4.78, 5) is 5.47. The Kier molecular flexibility index (Phi) is 3.67. The van der Waals surface area contributed by atoms with E-state index >= 15 is 0 Å². The van der Waals surface area contributed by atoms with Crippen molar-refractivity contribution in [2.24, 2.45) is 0 Å². The highest BCUT2D eigenvalue weighted by Gasteiger charge is 2.22. The molecule has 1 aromatic carbocycles. The van der Waals surface area contributed by atoms with Crippen LogP contribution in [0.1, 0.15) is 13.8 Å². The van der Waals surface area contributed by atoms with Crippen molar-refractivity contribution in [1.82, 2.24) is 14.5 Å². The number of fused-ring (bicyclic) bond motifs is 1. The summed E-state index contributed by atoms with van der Waals surface area (Å²) in [5.41, 5.74) is 2.28. The number of aromatic nitrogens is 2. The van der Waals surface area contributed by atoms with Crippen molar-refractivity contribution in [3.05, 3.63) is 27.4 Å². The van der Waals surface area contributed by atoms with Crippen LogP contribution in [0.4, 0.5) is 0 Å². The molecule has 0 saturated heterocycles. The summed E-state index contributed by atoms with van der Waals surface area (Å²) in [5, 5.41) is 0. The molecule has 1 aromatic heterocycles. The molecule has 0 aliphatic heterocycles. The third kappa shape index (κ3) is 2.53. The van der Waals surface area contributed by atoms with Gasteiger partial charge in [-0.05, 0) is 58.4 Å². The van der Waals surface area contributed by atoms with Gasteiger partial charge in [-0.1, -0.05) is 15.9 Å². The van der Waals surface area contributed by atoms with Crippen LogP contribution in [-0.2, 0) is 6.54 Å². The van der Waals surface area contributed by atoms with Crippen LogP contribution in [0.15, 0.2) is 22.7 Å². The van der Waals surface area contributed by atoms with Gasteiger partial charge < -0.3 is 14.5 Å². The molecule has 2 aromatic rings. The smallest absolute Gasteiger partial charge is 0.178 e. The number of hydrogen-bond donors (Lipinski definition) is 1. The Bertz CT molecular complexity index is 625. The topological polar surface area (TPSA) is 24.0 Å². The maximum Gasteiger partial charge on any atom is 0.178 e. The molecule has 0 amide bonds. The first-order valence-electron chi connectivity index (χ1n) is 5.87. The fourth-order valence-corrected chi connectivity index (χ4v) is 2.46. The van der Waals surface area contributed by atoms with E-state index in [9.17, 15) is 0 Å². The Morgan fingerprint density at radius 1 is 1.39 bits per heavy atom. The molecule has 18 heavy (non-hydrogen) atoms. The minimum atomic E-state index is 0.0560. The molecule has 0 radical (unpaired) electrons. The molecular formula is C13H18BrN3S. The molecule has 0 spiro atoms. The number of rotatable bonds is 3. The third-order valence-corrected chi connectivity index (χ3v) is 4.31. The minimum Gasteiger partial charge on any atom is -0.331 e. The molecule has 0 unspecified atom stereocenters. The van der Waals surface area contributed by atoms with Gasteiger partial charge in [0.15, 0.2) is 4.77 Å². The predicted molar refractivity (Wildman–Crippen MR) is 82.6 cm³/mol. The van der Waals surface area contributed by atoms with Gasteiger partial charge in [0.05, 0.1) is 11.0 Å². The van der Waals surface area contributed by atoms with Crippen LogP contribution < -0.4 is 0 Å². The minimum absolute atomic E-state index is 0.0560. The van der Waals surface area contributed by atoms with Gasteiger partial charge in [0.2, 0.25) is 0 Å². The van der Waals surface area contributed by atoms with Gasteiger partial charge in [0, 0.05) is 16.6 Å². The van der Waals surface area contributed by atoms with Crippen molar-refractivity contribution in [3.63, 3.8) is 0 Å². The van der Waals surface area contributed by atoms with Crippen LogP contribution in [0.25, 0.3) is 11.0 Å². The highest BCUT2D eigenvalue weighted by Crippen LogP contribution is 2.22. The number of nitrogens with one attached hydrogen (secondary N) is 1. The van der Waals surface area contributed by atoms with Gasteiger partial charge in [0.25, 0.3) is 0 Å². The Morgan fingerprint density at radius 2 is 2.06 bits per heavy atom. The van der Waals surface area contributed by atoms with Gasteiger partial charge in [-0.25, -0.2) is 0 Å². The van der Waals surface area contributed by atoms with E-state index in [-0.39, 0.29) is 5.54 Å². The molecule has 1 heterocycles. The maximum absolute atomic E-state index is 5.42. The largest absolute Gasteiger partial charge is 0.331 e. The van der Waals surface area contributed by atoms with Crippen molar-refractivity contribution >= 4 is 39.2 Å². The number of likely N-dealkylation sites (N-methyl/N-ethyl adjacent to an activating group) is 1. The first kappa shape index (κ1) is 13.8. The number of benzene rings is 1. The average Bonchev–Trinajstić information content (AvgIpc) is 2.54. The van der Waals surface area contributed by atoms with Crippen LogP contribution in [0.3, 0.4) is 0 Å². The molecule has 5 heteroatoms. The van der Waals surface area contributed by atoms with E-state index in [4.69, 9.17) is 12.2 Å². The average molecular weight is 328 g/mol. The summed E-state index contributed by atoms with van der Waals surface area (Å²) in [5.74, 6) is 0. The van der Waals surface area contributed by atoms with Gasteiger partial charge in [0.1, 0.15) is 0 Å². The van der Waals surface area contributed by atoms with Gasteiger partial charge in [-0.3, -0.25) is 0 Å². The molecule has 0 aliphatic rings. The quantitative estimate of drug-likeness (QED) is 0.867. The number of aromatic amines is 1. The number of imidazole rings is 1. The SMILES string of the molecule is CN(C)C(C)(C)Cn1c(=S)[nH]c2cc(Br)ccc21. The first-order valence-corrected chi connectivity index (χ1v) is 7.07. The second kappa shape index (κ2) is 4.79. The van der Waals surface area contributed by atoms with Crippen LogP contribution in [0.2, 0.25) is 0 Å². The fourth-order valence-electron chi connectivity index (χ4n) is 1.82. The lowest BCUT2D eigenvalue weighted by molar-refractivity contribution is 0.170. The molecule has 3 nitrogen and oxygen atoms in total. The molecule has 98 valence electrons. The zero-order valence-electron chi connectivity index (χ0n) is 11.1. The normalized spacial score (nSPS) is 12.6. The molecule has 1 N–H and O–H groups in total. The summed E-state index contributed by atoms with van der Waals surface area (Å²) in [6.07, 6.45) is 0. The second-order valence-electron chi connectivity index (χ2n) is 5.38. The lowest BCUT2D eigenvalue weighted by atomic mass is 10.0. The Labute approximate surface area is 121 Å². The Hall–Kier alpha value is -0.650. The van der Waals surface area contributed by atoms with Gasteiger partial charge in [-0.15, -0.1) is 0 Å². The Morgan fingerprint density at radius 3 is 2.67 bits per heavy atom. The number of nitrogens with zero attached hydrogens (tertiary/aromatic N) is 2. The van der Waals surface area contributed by atoms with Crippen LogP contribution in [0.5, 0.6) is 0 Å². The van der Waals surface area contributed by atoms with Crippen LogP contribution >= 0.6 is 28.1 Å². The summed E-state index contributed by atoms with van der Waals surface area (Å²) < 4.78 is 4.00.